The molecule has 0 aliphatic rings. The van der Waals surface area contributed by atoms with E-state index in [-0.39, 0.29) is 6.10 Å². The van der Waals surface area contributed by atoms with E-state index in [1.807, 2.05) is 19.9 Å². The van der Waals surface area contributed by atoms with Crippen molar-refractivity contribution in [1.29, 1.82) is 0 Å². The standard InChI is InChI=1S/C8H14O/c1-4-5-8(9)6-7(2)3/h4-5,8-9H,2,6H2,1,3H3. The summed E-state index contributed by atoms with van der Waals surface area (Å²) in [5, 5.41) is 9.07. The van der Waals surface area contributed by atoms with Gasteiger partial charge in [-0.25, -0.2) is 0 Å². The molecule has 0 aromatic rings. The Kier molecular flexibility index (Phi) is 4.06. The number of hydrogen-bond donors (Lipinski definition) is 1. The Bertz CT molecular complexity index is 114. The molecule has 0 saturated carbocycles. The fourth-order valence-electron chi connectivity index (χ4n) is 0.647. The maximum atomic E-state index is 9.07. The molecule has 0 heterocycles. The van der Waals surface area contributed by atoms with Crippen LogP contribution in [0.3, 0.4) is 0 Å². The third-order valence-corrected chi connectivity index (χ3v) is 0.972. The third kappa shape index (κ3) is 5.31. The Morgan fingerprint density at radius 3 is 2.67 bits per heavy atom. The number of aliphatic hydroxyl groups excluding tert-OH is 1. The number of hydrogen-bond acceptors (Lipinski definition) is 1. The lowest BCUT2D eigenvalue weighted by Gasteiger charge is -2.02. The predicted octanol–water partition coefficient (Wildman–Crippen LogP) is 1.89. The van der Waals surface area contributed by atoms with Gasteiger partial charge in [0, 0.05) is 0 Å². The average molecular weight is 126 g/mol. The van der Waals surface area contributed by atoms with Gasteiger partial charge in [-0.15, -0.1) is 6.58 Å². The first-order chi connectivity index (χ1) is 4.16. The monoisotopic (exact) mass is 126 g/mol. The zero-order chi connectivity index (χ0) is 7.28. The lowest BCUT2D eigenvalue weighted by Crippen LogP contribution is -2.00. The van der Waals surface area contributed by atoms with Gasteiger partial charge in [0.25, 0.3) is 0 Å². The third-order valence-electron chi connectivity index (χ3n) is 0.972. The van der Waals surface area contributed by atoms with Crippen LogP contribution in [-0.4, -0.2) is 11.2 Å². The number of aliphatic hydroxyl groups is 1. The van der Waals surface area contributed by atoms with Crippen LogP contribution in [-0.2, 0) is 0 Å². The summed E-state index contributed by atoms with van der Waals surface area (Å²) >= 11 is 0. The van der Waals surface area contributed by atoms with Crippen LogP contribution >= 0.6 is 0 Å². The summed E-state index contributed by atoms with van der Waals surface area (Å²) in [6.45, 7) is 7.48. The Morgan fingerprint density at radius 2 is 2.33 bits per heavy atom. The zero-order valence-electron chi connectivity index (χ0n) is 6.09. The van der Waals surface area contributed by atoms with Crippen LogP contribution in [0.1, 0.15) is 20.3 Å². The van der Waals surface area contributed by atoms with Crippen LogP contribution in [0.2, 0.25) is 0 Å². The summed E-state index contributed by atoms with van der Waals surface area (Å²) in [5.74, 6) is 0. The highest BCUT2D eigenvalue weighted by molar-refractivity contribution is 4.97. The highest BCUT2D eigenvalue weighted by Crippen LogP contribution is 2.01. The minimum absolute atomic E-state index is 0.340. The summed E-state index contributed by atoms with van der Waals surface area (Å²) < 4.78 is 0. The molecule has 0 bridgehead atoms. The van der Waals surface area contributed by atoms with Crippen molar-refractivity contribution in [2.24, 2.45) is 0 Å². The minimum Gasteiger partial charge on any atom is -0.389 e. The highest BCUT2D eigenvalue weighted by Gasteiger charge is 1.95. The Balaban J connectivity index is 3.50. The van der Waals surface area contributed by atoms with Gasteiger partial charge in [-0.3, -0.25) is 0 Å². The molecule has 1 heteroatoms. The molecule has 0 aliphatic carbocycles. The SMILES string of the molecule is C=C(C)CC(O)C=CC. The van der Waals surface area contributed by atoms with Crippen molar-refractivity contribution in [3.8, 4) is 0 Å². The van der Waals surface area contributed by atoms with Gasteiger partial charge >= 0.3 is 0 Å². The summed E-state index contributed by atoms with van der Waals surface area (Å²) in [7, 11) is 0. The van der Waals surface area contributed by atoms with Crippen molar-refractivity contribution in [3.05, 3.63) is 24.3 Å². The summed E-state index contributed by atoms with van der Waals surface area (Å²) in [6.07, 6.45) is 3.93. The van der Waals surface area contributed by atoms with Crippen LogP contribution in [0.4, 0.5) is 0 Å². The minimum atomic E-state index is -0.340. The van der Waals surface area contributed by atoms with Crippen molar-refractivity contribution in [3.63, 3.8) is 0 Å². The second-order valence-electron chi connectivity index (χ2n) is 2.25. The maximum Gasteiger partial charge on any atom is 0.0757 e. The Hall–Kier alpha value is -0.560. The Labute approximate surface area is 56.7 Å². The van der Waals surface area contributed by atoms with Crippen LogP contribution < -0.4 is 0 Å². The summed E-state index contributed by atoms with van der Waals surface area (Å²) in [6, 6.07) is 0. The van der Waals surface area contributed by atoms with Gasteiger partial charge in [-0.05, 0) is 20.3 Å². The molecule has 0 amide bonds. The number of rotatable bonds is 3. The summed E-state index contributed by atoms with van der Waals surface area (Å²) in [4.78, 5) is 0. The first-order valence-electron chi connectivity index (χ1n) is 3.12. The molecule has 0 aromatic heterocycles. The molecular weight excluding hydrogens is 112 g/mol. The van der Waals surface area contributed by atoms with E-state index in [0.29, 0.717) is 6.42 Å². The van der Waals surface area contributed by atoms with Gasteiger partial charge < -0.3 is 5.11 Å². The molecule has 0 saturated heterocycles. The topological polar surface area (TPSA) is 20.2 Å². The van der Waals surface area contributed by atoms with Gasteiger partial charge in [0.15, 0.2) is 0 Å². The first-order valence-corrected chi connectivity index (χ1v) is 3.12. The van der Waals surface area contributed by atoms with E-state index >= 15 is 0 Å². The van der Waals surface area contributed by atoms with Crippen molar-refractivity contribution in [2.45, 2.75) is 26.4 Å². The van der Waals surface area contributed by atoms with E-state index < -0.39 is 0 Å². The van der Waals surface area contributed by atoms with Gasteiger partial charge in [0.1, 0.15) is 0 Å². The molecule has 0 rings (SSSR count). The molecule has 1 nitrogen and oxygen atoms in total. The van der Waals surface area contributed by atoms with E-state index in [4.69, 9.17) is 5.11 Å². The highest BCUT2D eigenvalue weighted by atomic mass is 16.3. The molecule has 0 radical (unpaired) electrons. The molecule has 0 aliphatic heterocycles. The largest absolute Gasteiger partial charge is 0.389 e. The average Bonchev–Trinajstić information content (AvgIpc) is 1.63. The van der Waals surface area contributed by atoms with Crippen LogP contribution in [0.25, 0.3) is 0 Å². The fraction of sp³-hybridized carbons (Fsp3) is 0.500. The smallest absolute Gasteiger partial charge is 0.0757 e. The molecule has 0 aromatic carbocycles. The van der Waals surface area contributed by atoms with Crippen LogP contribution in [0, 0.1) is 0 Å². The van der Waals surface area contributed by atoms with Crippen molar-refractivity contribution in [2.75, 3.05) is 0 Å². The van der Waals surface area contributed by atoms with E-state index in [2.05, 4.69) is 6.58 Å². The van der Waals surface area contributed by atoms with E-state index in [9.17, 15) is 0 Å². The van der Waals surface area contributed by atoms with Crippen molar-refractivity contribution >= 4 is 0 Å². The molecular formula is C8H14O. The van der Waals surface area contributed by atoms with E-state index in [1.54, 1.807) is 6.08 Å². The first kappa shape index (κ1) is 8.44. The van der Waals surface area contributed by atoms with Gasteiger partial charge in [-0.2, -0.15) is 0 Å². The lowest BCUT2D eigenvalue weighted by atomic mass is 10.1. The molecule has 52 valence electrons. The Morgan fingerprint density at radius 1 is 1.78 bits per heavy atom. The van der Waals surface area contributed by atoms with Gasteiger partial charge in [0.05, 0.1) is 6.10 Å². The van der Waals surface area contributed by atoms with Crippen LogP contribution in [0.15, 0.2) is 24.3 Å². The zero-order valence-corrected chi connectivity index (χ0v) is 6.09. The van der Waals surface area contributed by atoms with E-state index in [0.717, 1.165) is 5.57 Å². The number of allylic oxidation sites excluding steroid dienone is 1. The normalized spacial score (nSPS) is 14.1. The maximum absolute atomic E-state index is 9.07. The second-order valence-corrected chi connectivity index (χ2v) is 2.25. The molecule has 9 heavy (non-hydrogen) atoms. The van der Waals surface area contributed by atoms with Crippen LogP contribution in [0.5, 0.6) is 0 Å². The summed E-state index contributed by atoms with van der Waals surface area (Å²) in [5.41, 5.74) is 1.01. The molecule has 0 fully saturated rings. The molecule has 1 atom stereocenters. The fourth-order valence-corrected chi connectivity index (χ4v) is 0.647. The lowest BCUT2D eigenvalue weighted by molar-refractivity contribution is 0.223. The van der Waals surface area contributed by atoms with E-state index in [1.165, 1.54) is 0 Å². The predicted molar refractivity (Wildman–Crippen MR) is 40.3 cm³/mol. The second kappa shape index (κ2) is 4.33. The molecule has 0 spiro atoms. The molecule has 1 N–H and O–H groups in total. The van der Waals surface area contributed by atoms with Gasteiger partial charge in [0.2, 0.25) is 0 Å². The van der Waals surface area contributed by atoms with Crippen molar-refractivity contribution < 1.29 is 5.11 Å². The molecule has 1 unspecified atom stereocenters. The van der Waals surface area contributed by atoms with Gasteiger partial charge in [-0.1, -0.05) is 17.7 Å². The van der Waals surface area contributed by atoms with Crippen molar-refractivity contribution in [1.82, 2.24) is 0 Å². The quantitative estimate of drug-likeness (QED) is 0.572.